The zero-order valence-electron chi connectivity index (χ0n) is 13.2. The van der Waals surface area contributed by atoms with Gasteiger partial charge in [0.15, 0.2) is 9.84 Å². The molecule has 11 heteroatoms. The van der Waals surface area contributed by atoms with Crippen LogP contribution in [0.2, 0.25) is 5.02 Å². The highest BCUT2D eigenvalue weighted by Gasteiger charge is 2.24. The molecule has 2 rings (SSSR count). The van der Waals surface area contributed by atoms with E-state index in [9.17, 15) is 27.5 Å². The second kappa shape index (κ2) is 7.94. The number of carbonyl (C=O) groups is 1. The molecule has 0 fully saturated rings. The van der Waals surface area contributed by atoms with Gasteiger partial charge in [0, 0.05) is 17.3 Å². The molecule has 0 bridgehead atoms. The van der Waals surface area contributed by atoms with Crippen molar-refractivity contribution < 1.29 is 27.1 Å². The molecule has 2 aromatic carbocycles. The topological polar surface area (TPSA) is 121 Å². The molecule has 0 amide bonds. The van der Waals surface area contributed by atoms with Crippen molar-refractivity contribution in [3.05, 3.63) is 57.6 Å². The van der Waals surface area contributed by atoms with Crippen molar-refractivity contribution in [2.24, 2.45) is 0 Å². The third-order valence-electron chi connectivity index (χ3n) is 3.09. The van der Waals surface area contributed by atoms with Gasteiger partial charge in [-0.15, -0.1) is 0 Å². The first kappa shape index (κ1) is 20.0. The standard InChI is InChI=1S/C15H12ClNO7S2/c1-26(22,23)12-6-7-14(13(8-12)17(19)20)25(21)9-15(18)24-11-4-2-10(16)3-5-11/h2-8H,9H2,1H3/t25-/m0/s1. The van der Waals surface area contributed by atoms with Gasteiger partial charge in [-0.25, -0.2) is 8.42 Å². The van der Waals surface area contributed by atoms with E-state index in [1.54, 1.807) is 0 Å². The van der Waals surface area contributed by atoms with E-state index in [-0.39, 0.29) is 15.5 Å². The lowest BCUT2D eigenvalue weighted by Gasteiger charge is -2.06. The fourth-order valence-corrected chi connectivity index (χ4v) is 3.69. The summed E-state index contributed by atoms with van der Waals surface area (Å²) in [4.78, 5) is 21.6. The van der Waals surface area contributed by atoms with E-state index in [0.717, 1.165) is 24.5 Å². The quantitative estimate of drug-likeness (QED) is 0.306. The van der Waals surface area contributed by atoms with Crippen molar-refractivity contribution in [2.75, 3.05) is 12.0 Å². The van der Waals surface area contributed by atoms with E-state index in [0.29, 0.717) is 5.02 Å². The summed E-state index contributed by atoms with van der Waals surface area (Å²) in [6.45, 7) is 0. The molecule has 0 aliphatic rings. The van der Waals surface area contributed by atoms with Crippen molar-refractivity contribution >= 4 is 43.9 Å². The molecule has 0 saturated heterocycles. The van der Waals surface area contributed by atoms with Crippen LogP contribution in [0.15, 0.2) is 52.3 Å². The number of ether oxygens (including phenoxy) is 1. The maximum Gasteiger partial charge on any atom is 0.324 e. The molecule has 26 heavy (non-hydrogen) atoms. The van der Waals surface area contributed by atoms with Gasteiger partial charge in [0.05, 0.1) is 20.6 Å². The first-order chi connectivity index (χ1) is 12.1. The fourth-order valence-electron chi connectivity index (χ4n) is 1.91. The van der Waals surface area contributed by atoms with E-state index in [1.807, 2.05) is 0 Å². The molecule has 0 aliphatic carbocycles. The van der Waals surface area contributed by atoms with E-state index >= 15 is 0 Å². The smallest absolute Gasteiger partial charge is 0.324 e. The molecule has 0 spiro atoms. The second-order valence-electron chi connectivity index (χ2n) is 5.08. The normalized spacial score (nSPS) is 12.4. The number of nitro groups is 1. The van der Waals surface area contributed by atoms with Crippen LogP contribution in [-0.2, 0) is 25.4 Å². The number of halogens is 1. The highest BCUT2D eigenvalue weighted by Crippen LogP contribution is 2.26. The number of nitro benzene ring substituents is 1. The Morgan fingerprint density at radius 1 is 1.23 bits per heavy atom. The Morgan fingerprint density at radius 3 is 2.38 bits per heavy atom. The van der Waals surface area contributed by atoms with E-state index in [4.69, 9.17) is 16.3 Å². The summed E-state index contributed by atoms with van der Waals surface area (Å²) >= 11 is 5.71. The summed E-state index contributed by atoms with van der Waals surface area (Å²) in [5.41, 5.74) is -0.648. The van der Waals surface area contributed by atoms with Crippen LogP contribution in [0.4, 0.5) is 5.69 Å². The number of carbonyl (C=O) groups excluding carboxylic acids is 1. The van der Waals surface area contributed by atoms with Gasteiger partial charge in [-0.1, -0.05) is 11.6 Å². The zero-order chi connectivity index (χ0) is 19.5. The number of hydrogen-bond acceptors (Lipinski definition) is 7. The Morgan fingerprint density at radius 2 is 1.85 bits per heavy atom. The Bertz CT molecular complexity index is 988. The van der Waals surface area contributed by atoms with Crippen molar-refractivity contribution in [3.8, 4) is 5.75 Å². The zero-order valence-corrected chi connectivity index (χ0v) is 15.6. The highest BCUT2D eigenvalue weighted by atomic mass is 35.5. The van der Waals surface area contributed by atoms with Gasteiger partial charge in [-0.05, 0) is 36.4 Å². The Hall–Kier alpha value is -2.30. The minimum Gasteiger partial charge on any atom is -0.426 e. The molecule has 8 nitrogen and oxygen atoms in total. The predicted octanol–water partition coefficient (Wildman–Crippen LogP) is 2.36. The van der Waals surface area contributed by atoms with Gasteiger partial charge in [-0.3, -0.25) is 19.1 Å². The fraction of sp³-hybridized carbons (Fsp3) is 0.133. The number of hydrogen-bond donors (Lipinski definition) is 0. The van der Waals surface area contributed by atoms with E-state index in [1.165, 1.54) is 24.3 Å². The third kappa shape index (κ3) is 5.10. The molecule has 0 aromatic heterocycles. The summed E-state index contributed by atoms with van der Waals surface area (Å²) < 4.78 is 40.3. The Kier molecular flexibility index (Phi) is 6.11. The lowest BCUT2D eigenvalue weighted by Crippen LogP contribution is -2.17. The van der Waals surface area contributed by atoms with E-state index < -0.39 is 43.0 Å². The minimum atomic E-state index is -3.67. The van der Waals surface area contributed by atoms with E-state index in [2.05, 4.69) is 0 Å². The Balaban J connectivity index is 2.21. The summed E-state index contributed by atoms with van der Waals surface area (Å²) in [5, 5.41) is 11.6. The molecule has 2 aromatic rings. The summed E-state index contributed by atoms with van der Waals surface area (Å²) in [6, 6.07) is 8.83. The predicted molar refractivity (Wildman–Crippen MR) is 94.6 cm³/mol. The van der Waals surface area contributed by atoms with Crippen LogP contribution in [0.25, 0.3) is 0 Å². The van der Waals surface area contributed by atoms with Gasteiger partial charge >= 0.3 is 5.97 Å². The maximum atomic E-state index is 12.3. The van der Waals surface area contributed by atoms with Gasteiger partial charge < -0.3 is 4.74 Å². The van der Waals surface area contributed by atoms with Crippen LogP contribution >= 0.6 is 11.6 Å². The maximum absolute atomic E-state index is 12.3. The van der Waals surface area contributed by atoms with Crippen LogP contribution in [0, 0.1) is 10.1 Å². The summed E-state index contributed by atoms with van der Waals surface area (Å²) in [6.07, 6.45) is 0.895. The Labute approximate surface area is 156 Å². The van der Waals surface area contributed by atoms with Crippen LogP contribution in [0.3, 0.4) is 0 Å². The lowest BCUT2D eigenvalue weighted by molar-refractivity contribution is -0.388. The van der Waals surface area contributed by atoms with Crippen molar-refractivity contribution in [1.82, 2.24) is 0 Å². The third-order valence-corrected chi connectivity index (χ3v) is 5.79. The molecule has 0 unspecified atom stereocenters. The molecule has 0 saturated carbocycles. The van der Waals surface area contributed by atoms with Crippen molar-refractivity contribution in [2.45, 2.75) is 9.79 Å². The average Bonchev–Trinajstić information content (AvgIpc) is 2.55. The SMILES string of the molecule is CS(=O)(=O)c1ccc([S@@](=O)CC(=O)Oc2ccc(Cl)cc2)c([N+](=O)[O-])c1. The number of nitrogens with zero attached hydrogens (tertiary/aromatic N) is 1. The van der Waals surface area contributed by atoms with Gasteiger partial charge in [0.2, 0.25) is 0 Å². The van der Waals surface area contributed by atoms with Crippen molar-refractivity contribution in [1.29, 1.82) is 0 Å². The number of rotatable bonds is 6. The molecule has 138 valence electrons. The molecule has 0 aliphatic heterocycles. The van der Waals surface area contributed by atoms with Gasteiger partial charge in [-0.2, -0.15) is 0 Å². The number of sulfone groups is 1. The molecule has 0 heterocycles. The molecule has 1 atom stereocenters. The minimum absolute atomic E-state index is 0.179. The second-order valence-corrected chi connectivity index (χ2v) is 8.95. The molecule has 0 N–H and O–H groups in total. The highest BCUT2D eigenvalue weighted by molar-refractivity contribution is 7.90. The van der Waals surface area contributed by atoms with Crippen LogP contribution in [0.5, 0.6) is 5.75 Å². The van der Waals surface area contributed by atoms with Crippen LogP contribution in [-0.4, -0.2) is 35.5 Å². The number of esters is 1. The van der Waals surface area contributed by atoms with Crippen LogP contribution in [0.1, 0.15) is 0 Å². The summed E-state index contributed by atoms with van der Waals surface area (Å²) in [5.74, 6) is -1.33. The first-order valence-electron chi connectivity index (χ1n) is 6.91. The monoisotopic (exact) mass is 417 g/mol. The largest absolute Gasteiger partial charge is 0.426 e. The average molecular weight is 418 g/mol. The molecule has 0 radical (unpaired) electrons. The summed E-state index contributed by atoms with van der Waals surface area (Å²) in [7, 11) is -5.77. The first-order valence-corrected chi connectivity index (χ1v) is 10.5. The van der Waals surface area contributed by atoms with Crippen LogP contribution < -0.4 is 4.74 Å². The molecular formula is C15H12ClNO7S2. The lowest BCUT2D eigenvalue weighted by atomic mass is 10.3. The van der Waals surface area contributed by atoms with Gasteiger partial charge in [0.1, 0.15) is 16.4 Å². The molecular weight excluding hydrogens is 406 g/mol. The van der Waals surface area contributed by atoms with Crippen molar-refractivity contribution in [3.63, 3.8) is 0 Å². The number of benzene rings is 2. The van der Waals surface area contributed by atoms with Gasteiger partial charge in [0.25, 0.3) is 5.69 Å².